The second-order valence-corrected chi connectivity index (χ2v) is 5.99. The summed E-state index contributed by atoms with van der Waals surface area (Å²) < 4.78 is 0. The van der Waals surface area contributed by atoms with Crippen LogP contribution in [-0.4, -0.2) is 24.9 Å². The fourth-order valence-corrected chi connectivity index (χ4v) is 2.95. The van der Waals surface area contributed by atoms with E-state index in [1.54, 1.807) is 42.9 Å². The molecule has 20 heavy (non-hydrogen) atoms. The summed E-state index contributed by atoms with van der Waals surface area (Å²) in [6.07, 6.45) is 0. The number of nitrogens with two attached hydrogens (primary N) is 1. The minimum Gasteiger partial charge on any atom is -0.399 e. The molecular formula is C16H18N2OS. The lowest BCUT2D eigenvalue weighted by Gasteiger charge is -2.14. The number of benzene rings is 2. The highest BCUT2D eigenvalue weighted by atomic mass is 32.2. The molecule has 0 aromatic heterocycles. The van der Waals surface area contributed by atoms with Gasteiger partial charge in [-0.2, -0.15) is 0 Å². The lowest BCUT2D eigenvalue weighted by Crippen LogP contribution is -2.22. The van der Waals surface area contributed by atoms with Gasteiger partial charge in [-0.15, -0.1) is 0 Å². The van der Waals surface area contributed by atoms with Crippen molar-refractivity contribution in [1.29, 1.82) is 0 Å². The smallest absolute Gasteiger partial charge is 0.254 e. The zero-order valence-electron chi connectivity index (χ0n) is 11.9. The molecule has 4 heteroatoms. The molecule has 0 radical (unpaired) electrons. The molecule has 0 aliphatic rings. The largest absolute Gasteiger partial charge is 0.399 e. The number of hydrogen-bond acceptors (Lipinski definition) is 3. The molecule has 0 spiro atoms. The average Bonchev–Trinajstić information content (AvgIpc) is 2.38. The number of aryl methyl sites for hydroxylation is 1. The Balaban J connectivity index is 2.39. The highest BCUT2D eigenvalue weighted by molar-refractivity contribution is 7.99. The van der Waals surface area contributed by atoms with Gasteiger partial charge < -0.3 is 10.6 Å². The summed E-state index contributed by atoms with van der Waals surface area (Å²) in [5, 5.41) is 0. The van der Waals surface area contributed by atoms with Crippen LogP contribution in [0.15, 0.2) is 52.3 Å². The number of carbonyl (C=O) groups excluding carboxylic acids is 1. The second-order valence-electron chi connectivity index (χ2n) is 4.87. The number of amides is 1. The Morgan fingerprint density at radius 1 is 1.15 bits per heavy atom. The first kappa shape index (κ1) is 14.5. The first-order valence-electron chi connectivity index (χ1n) is 6.33. The van der Waals surface area contributed by atoms with Gasteiger partial charge in [0.1, 0.15) is 0 Å². The van der Waals surface area contributed by atoms with E-state index in [0.29, 0.717) is 11.3 Å². The number of carbonyl (C=O) groups is 1. The Kier molecular flexibility index (Phi) is 4.35. The van der Waals surface area contributed by atoms with Gasteiger partial charge in [-0.3, -0.25) is 4.79 Å². The molecule has 2 N–H and O–H groups in total. The Hall–Kier alpha value is -1.94. The summed E-state index contributed by atoms with van der Waals surface area (Å²) in [6.45, 7) is 2.05. The average molecular weight is 286 g/mol. The number of nitrogens with zero attached hydrogens (tertiary/aromatic N) is 1. The summed E-state index contributed by atoms with van der Waals surface area (Å²) in [4.78, 5) is 15.8. The van der Waals surface area contributed by atoms with Crippen LogP contribution in [0, 0.1) is 6.92 Å². The Labute approximate surface area is 123 Å². The van der Waals surface area contributed by atoms with Gasteiger partial charge in [-0.1, -0.05) is 29.5 Å². The fourth-order valence-electron chi connectivity index (χ4n) is 1.85. The minimum atomic E-state index is -0.0137. The molecule has 0 aliphatic carbocycles. The molecular weight excluding hydrogens is 268 g/mol. The van der Waals surface area contributed by atoms with Crippen molar-refractivity contribution >= 4 is 23.4 Å². The summed E-state index contributed by atoms with van der Waals surface area (Å²) in [7, 11) is 3.50. The maximum absolute atomic E-state index is 12.2. The van der Waals surface area contributed by atoms with Crippen LogP contribution >= 0.6 is 11.8 Å². The van der Waals surface area contributed by atoms with Crippen molar-refractivity contribution in [3.05, 3.63) is 53.6 Å². The maximum atomic E-state index is 12.2. The molecule has 1 amide bonds. The lowest BCUT2D eigenvalue weighted by molar-refractivity contribution is 0.0824. The van der Waals surface area contributed by atoms with Crippen molar-refractivity contribution in [2.45, 2.75) is 16.7 Å². The molecule has 0 aliphatic heterocycles. The van der Waals surface area contributed by atoms with Gasteiger partial charge >= 0.3 is 0 Å². The van der Waals surface area contributed by atoms with Crippen LogP contribution in [0.2, 0.25) is 0 Å². The quantitative estimate of drug-likeness (QED) is 0.879. The number of nitrogen functional groups attached to an aromatic ring is 1. The minimum absolute atomic E-state index is 0.0137. The van der Waals surface area contributed by atoms with Crippen molar-refractivity contribution in [1.82, 2.24) is 4.90 Å². The fraction of sp³-hybridized carbons (Fsp3) is 0.188. The van der Waals surface area contributed by atoms with E-state index in [9.17, 15) is 4.79 Å². The van der Waals surface area contributed by atoms with E-state index in [0.717, 1.165) is 9.79 Å². The molecule has 0 unspecified atom stereocenters. The topological polar surface area (TPSA) is 46.3 Å². The first-order chi connectivity index (χ1) is 9.47. The van der Waals surface area contributed by atoms with Gasteiger partial charge in [0, 0.05) is 29.6 Å². The van der Waals surface area contributed by atoms with Crippen molar-refractivity contribution in [3.8, 4) is 0 Å². The highest BCUT2D eigenvalue weighted by Gasteiger charge is 2.14. The molecule has 0 saturated carbocycles. The normalized spacial score (nSPS) is 10.3. The first-order valence-corrected chi connectivity index (χ1v) is 7.14. The molecule has 2 aromatic rings. The SMILES string of the molecule is Cc1cccc(Sc2cc(N)ccc2C(=O)N(C)C)c1. The van der Waals surface area contributed by atoms with Gasteiger partial charge in [0.25, 0.3) is 5.91 Å². The van der Waals surface area contributed by atoms with E-state index >= 15 is 0 Å². The predicted octanol–water partition coefficient (Wildman–Crippen LogP) is 3.43. The van der Waals surface area contributed by atoms with Crippen LogP contribution in [0.25, 0.3) is 0 Å². The van der Waals surface area contributed by atoms with E-state index in [2.05, 4.69) is 19.1 Å². The molecule has 2 rings (SSSR count). The van der Waals surface area contributed by atoms with Crippen LogP contribution in [0.3, 0.4) is 0 Å². The predicted molar refractivity (Wildman–Crippen MR) is 84.2 cm³/mol. The van der Waals surface area contributed by atoms with Crippen molar-refractivity contribution in [2.24, 2.45) is 0 Å². The van der Waals surface area contributed by atoms with E-state index in [4.69, 9.17) is 5.73 Å². The van der Waals surface area contributed by atoms with E-state index < -0.39 is 0 Å². The van der Waals surface area contributed by atoms with Gasteiger partial charge in [0.15, 0.2) is 0 Å². The van der Waals surface area contributed by atoms with Gasteiger partial charge in [-0.05, 0) is 37.3 Å². The molecule has 0 atom stereocenters. The molecule has 0 heterocycles. The number of rotatable bonds is 3. The van der Waals surface area contributed by atoms with Gasteiger partial charge in [0.05, 0.1) is 5.56 Å². The summed E-state index contributed by atoms with van der Waals surface area (Å²) in [5.41, 5.74) is 8.38. The molecule has 3 nitrogen and oxygen atoms in total. The van der Waals surface area contributed by atoms with Crippen LogP contribution in [0.4, 0.5) is 5.69 Å². The lowest BCUT2D eigenvalue weighted by atomic mass is 10.2. The van der Waals surface area contributed by atoms with Crippen LogP contribution in [-0.2, 0) is 0 Å². The monoisotopic (exact) mass is 286 g/mol. The van der Waals surface area contributed by atoms with Crippen LogP contribution in [0.5, 0.6) is 0 Å². The van der Waals surface area contributed by atoms with Crippen LogP contribution in [0.1, 0.15) is 15.9 Å². The molecule has 0 saturated heterocycles. The van der Waals surface area contributed by atoms with Crippen molar-refractivity contribution in [2.75, 3.05) is 19.8 Å². The summed E-state index contributed by atoms with van der Waals surface area (Å²) >= 11 is 1.56. The Morgan fingerprint density at radius 3 is 2.55 bits per heavy atom. The van der Waals surface area contributed by atoms with Crippen molar-refractivity contribution in [3.63, 3.8) is 0 Å². The highest BCUT2D eigenvalue weighted by Crippen LogP contribution is 2.32. The summed E-state index contributed by atoms with van der Waals surface area (Å²) in [6, 6.07) is 13.6. The van der Waals surface area contributed by atoms with Gasteiger partial charge in [0.2, 0.25) is 0 Å². The van der Waals surface area contributed by atoms with Gasteiger partial charge in [-0.25, -0.2) is 0 Å². The summed E-state index contributed by atoms with van der Waals surface area (Å²) in [5.74, 6) is -0.0137. The molecule has 0 bridgehead atoms. The Bertz CT molecular complexity index is 638. The van der Waals surface area contributed by atoms with E-state index in [1.807, 2.05) is 18.2 Å². The Morgan fingerprint density at radius 2 is 1.90 bits per heavy atom. The van der Waals surface area contributed by atoms with E-state index in [-0.39, 0.29) is 5.91 Å². The zero-order chi connectivity index (χ0) is 14.7. The third-order valence-electron chi connectivity index (χ3n) is 2.86. The zero-order valence-corrected chi connectivity index (χ0v) is 12.7. The maximum Gasteiger partial charge on any atom is 0.254 e. The third-order valence-corrected chi connectivity index (χ3v) is 3.91. The van der Waals surface area contributed by atoms with E-state index in [1.165, 1.54) is 5.56 Å². The second kappa shape index (κ2) is 6.01. The third kappa shape index (κ3) is 3.33. The van der Waals surface area contributed by atoms with Crippen LogP contribution < -0.4 is 5.73 Å². The van der Waals surface area contributed by atoms with Crippen molar-refractivity contribution < 1.29 is 4.79 Å². The number of anilines is 1. The number of hydrogen-bond donors (Lipinski definition) is 1. The molecule has 104 valence electrons. The molecule has 2 aromatic carbocycles. The standard InChI is InChI=1S/C16H18N2OS/c1-11-5-4-6-13(9-11)20-15-10-12(17)7-8-14(15)16(19)18(2)3/h4-10H,17H2,1-3H3. The molecule has 0 fully saturated rings.